The third kappa shape index (κ3) is 4.06. The fourth-order valence-corrected chi connectivity index (χ4v) is 2.15. The Hall–Kier alpha value is -1.35. The molecule has 0 saturated carbocycles. The lowest BCUT2D eigenvalue weighted by Gasteiger charge is -2.17. The molecule has 3 heteroatoms. The predicted molar refractivity (Wildman–Crippen MR) is 77.9 cm³/mol. The van der Waals surface area contributed by atoms with Crippen molar-refractivity contribution in [1.82, 2.24) is 0 Å². The molecule has 100 valence electrons. The van der Waals surface area contributed by atoms with Gasteiger partial charge in [0.25, 0.3) is 0 Å². The fraction of sp³-hybridized carbons (Fsp3) is 0.250. The maximum atomic E-state index is 10.3. The van der Waals surface area contributed by atoms with E-state index in [-0.39, 0.29) is 6.04 Å². The molecule has 0 radical (unpaired) electrons. The summed E-state index contributed by atoms with van der Waals surface area (Å²) < 4.78 is 0. The Morgan fingerprint density at radius 2 is 1.68 bits per heavy atom. The highest BCUT2D eigenvalue weighted by molar-refractivity contribution is 6.30. The molecule has 0 fully saturated rings. The van der Waals surface area contributed by atoms with Crippen LogP contribution in [-0.4, -0.2) is 11.1 Å². The molecule has 0 bridgehead atoms. The first-order valence-electron chi connectivity index (χ1n) is 6.47. The fourth-order valence-electron chi connectivity index (χ4n) is 2.03. The van der Waals surface area contributed by atoms with Crippen LogP contribution < -0.4 is 5.32 Å². The largest absolute Gasteiger partial charge is 0.382 e. The Morgan fingerprint density at radius 1 is 1.05 bits per heavy atom. The Bertz CT molecular complexity index is 498. The van der Waals surface area contributed by atoms with Crippen LogP contribution in [-0.2, 0) is 6.54 Å². The van der Waals surface area contributed by atoms with Gasteiger partial charge < -0.3 is 10.4 Å². The van der Waals surface area contributed by atoms with E-state index in [1.165, 1.54) is 5.56 Å². The van der Waals surface area contributed by atoms with Gasteiger partial charge >= 0.3 is 0 Å². The van der Waals surface area contributed by atoms with Crippen LogP contribution in [0.4, 0.5) is 0 Å². The van der Waals surface area contributed by atoms with Crippen molar-refractivity contribution < 1.29 is 10.4 Å². The third-order valence-corrected chi connectivity index (χ3v) is 3.53. The molecular weight excluding hydrogens is 258 g/mol. The number of aliphatic hydroxyl groups is 1. The van der Waals surface area contributed by atoms with Gasteiger partial charge in [-0.05, 0) is 24.6 Å². The van der Waals surface area contributed by atoms with Gasteiger partial charge in [-0.1, -0.05) is 54.1 Å². The first-order valence-corrected chi connectivity index (χ1v) is 6.85. The van der Waals surface area contributed by atoms with E-state index in [1.807, 2.05) is 61.5 Å². The van der Waals surface area contributed by atoms with E-state index < -0.39 is 6.10 Å². The molecule has 3 N–H and O–H groups in total. The van der Waals surface area contributed by atoms with Crippen LogP contribution in [0.25, 0.3) is 0 Å². The average Bonchev–Trinajstić information content (AvgIpc) is 2.46. The number of nitrogens with two attached hydrogens (primary N) is 1. The van der Waals surface area contributed by atoms with Gasteiger partial charge in [0, 0.05) is 10.6 Å². The van der Waals surface area contributed by atoms with E-state index in [0.717, 1.165) is 17.1 Å². The molecule has 19 heavy (non-hydrogen) atoms. The second kappa shape index (κ2) is 6.71. The van der Waals surface area contributed by atoms with Crippen molar-refractivity contribution in [3.63, 3.8) is 0 Å². The smallest absolute Gasteiger partial charge is 0.130 e. The minimum atomic E-state index is -0.450. The van der Waals surface area contributed by atoms with Crippen LogP contribution in [0.3, 0.4) is 0 Å². The summed E-state index contributed by atoms with van der Waals surface area (Å²) in [7, 11) is 0. The lowest BCUT2D eigenvalue weighted by atomic mass is 10.0. The van der Waals surface area contributed by atoms with Gasteiger partial charge in [-0.2, -0.15) is 0 Å². The van der Waals surface area contributed by atoms with E-state index in [4.69, 9.17) is 11.6 Å². The zero-order chi connectivity index (χ0) is 13.7. The van der Waals surface area contributed by atoms with Gasteiger partial charge in [0.05, 0.1) is 0 Å². The Morgan fingerprint density at radius 3 is 2.32 bits per heavy atom. The topological polar surface area (TPSA) is 36.8 Å². The van der Waals surface area contributed by atoms with Crippen molar-refractivity contribution in [2.75, 3.05) is 0 Å². The Kier molecular flexibility index (Phi) is 4.97. The molecule has 0 aliphatic heterocycles. The molecule has 0 aromatic heterocycles. The van der Waals surface area contributed by atoms with Crippen molar-refractivity contribution in [2.45, 2.75) is 25.6 Å². The molecule has 0 aliphatic carbocycles. The SMILES string of the molecule is C[C@H]([NH2+]Cc1ccc(Cl)cc1)[C@@H](O)c1ccccc1. The van der Waals surface area contributed by atoms with Crippen LogP contribution in [0.2, 0.25) is 5.02 Å². The molecule has 2 nitrogen and oxygen atoms in total. The van der Waals surface area contributed by atoms with E-state index in [1.54, 1.807) is 0 Å². The van der Waals surface area contributed by atoms with Crippen LogP contribution in [0.5, 0.6) is 0 Å². The number of hydrogen-bond acceptors (Lipinski definition) is 1. The first-order chi connectivity index (χ1) is 9.16. The highest BCUT2D eigenvalue weighted by atomic mass is 35.5. The van der Waals surface area contributed by atoms with Crippen molar-refractivity contribution in [1.29, 1.82) is 0 Å². The molecule has 2 atom stereocenters. The molecule has 2 aromatic carbocycles. The Balaban J connectivity index is 1.90. The zero-order valence-electron chi connectivity index (χ0n) is 11.0. The zero-order valence-corrected chi connectivity index (χ0v) is 11.7. The minimum Gasteiger partial charge on any atom is -0.382 e. The van der Waals surface area contributed by atoms with Crippen LogP contribution in [0, 0.1) is 0 Å². The van der Waals surface area contributed by atoms with Crippen molar-refractivity contribution in [3.8, 4) is 0 Å². The van der Waals surface area contributed by atoms with E-state index in [2.05, 4.69) is 5.32 Å². The number of quaternary nitrogens is 1. The van der Waals surface area contributed by atoms with Crippen LogP contribution in [0.1, 0.15) is 24.2 Å². The number of aliphatic hydroxyl groups excluding tert-OH is 1. The highest BCUT2D eigenvalue weighted by Gasteiger charge is 2.18. The van der Waals surface area contributed by atoms with E-state index in [9.17, 15) is 5.11 Å². The average molecular weight is 277 g/mol. The molecule has 0 unspecified atom stereocenters. The second-order valence-electron chi connectivity index (χ2n) is 4.78. The number of benzene rings is 2. The highest BCUT2D eigenvalue weighted by Crippen LogP contribution is 2.14. The standard InChI is InChI=1S/C16H18ClNO/c1-12(16(19)14-5-3-2-4-6-14)18-11-13-7-9-15(17)10-8-13/h2-10,12,16,18-19H,11H2,1H3/p+1/t12-,16+/m0/s1. The van der Waals surface area contributed by atoms with E-state index >= 15 is 0 Å². The van der Waals surface area contributed by atoms with Gasteiger partial charge in [0.2, 0.25) is 0 Å². The second-order valence-corrected chi connectivity index (χ2v) is 5.22. The summed E-state index contributed by atoms with van der Waals surface area (Å²) in [4.78, 5) is 0. The lowest BCUT2D eigenvalue weighted by Crippen LogP contribution is -2.88. The van der Waals surface area contributed by atoms with Crippen LogP contribution >= 0.6 is 11.6 Å². The molecule has 2 rings (SSSR count). The number of halogens is 1. The lowest BCUT2D eigenvalue weighted by molar-refractivity contribution is -0.709. The summed E-state index contributed by atoms with van der Waals surface area (Å²) in [5.74, 6) is 0. The monoisotopic (exact) mass is 276 g/mol. The Labute approximate surface area is 119 Å². The maximum absolute atomic E-state index is 10.3. The molecule has 0 saturated heterocycles. The minimum absolute atomic E-state index is 0.109. The van der Waals surface area contributed by atoms with Crippen LogP contribution in [0.15, 0.2) is 54.6 Å². The normalized spacial score (nSPS) is 14.1. The van der Waals surface area contributed by atoms with Crippen molar-refractivity contribution >= 4 is 11.6 Å². The number of hydrogen-bond donors (Lipinski definition) is 2. The van der Waals surface area contributed by atoms with Gasteiger partial charge in [-0.25, -0.2) is 0 Å². The number of rotatable bonds is 5. The van der Waals surface area contributed by atoms with E-state index in [0.29, 0.717) is 0 Å². The summed E-state index contributed by atoms with van der Waals surface area (Å²) in [5, 5.41) is 13.1. The molecule has 0 heterocycles. The quantitative estimate of drug-likeness (QED) is 0.865. The van der Waals surface area contributed by atoms with Gasteiger partial charge in [-0.15, -0.1) is 0 Å². The first kappa shape index (κ1) is 14.1. The molecule has 0 aliphatic rings. The molecule has 0 spiro atoms. The maximum Gasteiger partial charge on any atom is 0.130 e. The van der Waals surface area contributed by atoms with Crippen molar-refractivity contribution in [3.05, 3.63) is 70.7 Å². The summed E-state index contributed by atoms with van der Waals surface area (Å²) in [6.45, 7) is 2.87. The summed E-state index contributed by atoms with van der Waals surface area (Å²) in [6, 6.07) is 17.7. The van der Waals surface area contributed by atoms with Gasteiger partial charge in [0.1, 0.15) is 18.7 Å². The molecular formula is C16H19ClNO+. The van der Waals surface area contributed by atoms with Gasteiger partial charge in [0.15, 0.2) is 0 Å². The molecule has 2 aromatic rings. The summed E-state index contributed by atoms with van der Waals surface area (Å²) >= 11 is 5.85. The van der Waals surface area contributed by atoms with Crippen molar-refractivity contribution in [2.24, 2.45) is 0 Å². The summed E-state index contributed by atoms with van der Waals surface area (Å²) in [5.41, 5.74) is 2.17. The molecule has 0 amide bonds. The third-order valence-electron chi connectivity index (χ3n) is 3.28. The van der Waals surface area contributed by atoms with Gasteiger partial charge in [-0.3, -0.25) is 0 Å². The summed E-state index contributed by atoms with van der Waals surface area (Å²) in [6.07, 6.45) is -0.450. The predicted octanol–water partition coefficient (Wildman–Crippen LogP) is 2.53.